The number of rotatable bonds is 3. The summed E-state index contributed by atoms with van der Waals surface area (Å²) in [6.07, 6.45) is -22.7. The molecule has 0 heterocycles. The summed E-state index contributed by atoms with van der Waals surface area (Å²) in [4.78, 5) is -4.49. The van der Waals surface area contributed by atoms with Crippen LogP contribution in [0.15, 0.2) is 0 Å². The van der Waals surface area contributed by atoms with Crippen LogP contribution in [0, 0.1) is 0 Å². The van der Waals surface area contributed by atoms with Gasteiger partial charge in [0.15, 0.2) is 0 Å². The van der Waals surface area contributed by atoms with Crippen LogP contribution in [0.2, 0.25) is 0 Å². The smallest absolute Gasteiger partial charge is 0.187 e. The molecule has 0 atom stereocenters. The molecule has 0 radical (unpaired) electrons. The predicted octanol–water partition coefficient (Wildman–Crippen LogP) is 4.75. The second kappa shape index (κ2) is 4.95. The van der Waals surface area contributed by atoms with Crippen molar-refractivity contribution in [1.82, 2.24) is 4.90 Å². The maximum absolute atomic E-state index is 12.6. The van der Waals surface area contributed by atoms with Gasteiger partial charge in [-0.25, -0.2) is 0 Å². The van der Waals surface area contributed by atoms with Crippen LogP contribution in [0.4, 0.5) is 65.9 Å². The van der Waals surface area contributed by atoms with Gasteiger partial charge in [0.05, 0.1) is 0 Å². The fourth-order valence-electron chi connectivity index (χ4n) is 0.933. The van der Waals surface area contributed by atoms with Crippen LogP contribution < -0.4 is 0 Å². The maximum atomic E-state index is 12.6. The van der Waals surface area contributed by atoms with E-state index < -0.39 is 41.6 Å². The van der Waals surface area contributed by atoms with Gasteiger partial charge < -0.3 is 0 Å². The van der Waals surface area contributed by atoms with Crippen molar-refractivity contribution in [3.8, 4) is 0 Å². The number of nitrogens with zero attached hydrogens (tertiary/aromatic N) is 1. The molecule has 22 heavy (non-hydrogen) atoms. The molecule has 0 aromatic carbocycles. The molecule has 0 spiro atoms. The molecule has 0 N–H and O–H groups in total. The minimum atomic E-state index is -8.00. The van der Waals surface area contributed by atoms with Crippen molar-refractivity contribution in [2.45, 2.75) is 36.7 Å². The van der Waals surface area contributed by atoms with Crippen molar-refractivity contribution < 1.29 is 65.9 Å². The van der Waals surface area contributed by atoms with E-state index in [2.05, 4.69) is 0 Å². The van der Waals surface area contributed by atoms with E-state index in [0.717, 1.165) is 0 Å². The van der Waals surface area contributed by atoms with Gasteiger partial charge in [-0.1, -0.05) is 4.90 Å². The highest BCUT2D eigenvalue weighted by molar-refractivity contribution is 4.96. The van der Waals surface area contributed by atoms with Crippen LogP contribution in [0.1, 0.15) is 0 Å². The lowest BCUT2D eigenvalue weighted by molar-refractivity contribution is -0.503. The zero-order valence-electron chi connectivity index (χ0n) is 9.12. The average Bonchev–Trinajstić information content (AvgIpc) is 2.08. The zero-order chi connectivity index (χ0) is 18.6. The molecule has 0 aliphatic rings. The summed E-state index contributed by atoms with van der Waals surface area (Å²) in [6.45, 7) is 0. The summed E-state index contributed by atoms with van der Waals surface area (Å²) in [7, 11) is 0. The quantitative estimate of drug-likeness (QED) is 0.511. The van der Waals surface area contributed by atoms with Crippen molar-refractivity contribution in [3.63, 3.8) is 0 Å². The fraction of sp³-hybridized carbons (Fsp3) is 1.00. The van der Waals surface area contributed by atoms with Crippen molar-refractivity contribution in [3.05, 3.63) is 0 Å². The van der Waals surface area contributed by atoms with Gasteiger partial charge >= 0.3 is 36.7 Å². The molecule has 0 saturated carbocycles. The Labute approximate surface area is 109 Å². The molecule has 0 aromatic rings. The largest absolute Gasteiger partial charge is 0.469 e. The molecule has 1 nitrogen and oxygen atoms in total. The highest BCUT2D eigenvalue weighted by Crippen LogP contribution is 2.56. The topological polar surface area (TPSA) is 3.24 Å². The van der Waals surface area contributed by atoms with E-state index in [1.807, 2.05) is 0 Å². The monoisotopic (exact) mass is 371 g/mol. The second-order valence-corrected chi connectivity index (χ2v) is 3.46. The molecular weight excluding hydrogens is 371 g/mol. The number of hydrogen-bond acceptors (Lipinski definition) is 1. The van der Waals surface area contributed by atoms with E-state index in [1.165, 1.54) is 0 Å². The lowest BCUT2D eigenvalue weighted by Crippen LogP contribution is -2.71. The van der Waals surface area contributed by atoms with Gasteiger partial charge in [-0.2, -0.15) is 65.9 Å². The Morgan fingerprint density at radius 1 is 0.409 bits per heavy atom. The number of halogens is 15. The molecule has 0 fully saturated rings. The first-order valence-corrected chi connectivity index (χ1v) is 4.26. The molecule has 0 rings (SSSR count). The summed E-state index contributed by atoms with van der Waals surface area (Å²) < 4.78 is 180. The van der Waals surface area contributed by atoms with Gasteiger partial charge in [0, 0.05) is 0 Å². The highest BCUT2D eigenvalue weighted by atomic mass is 19.4. The Hall–Kier alpha value is -1.09. The number of alkyl halides is 15. The summed E-state index contributed by atoms with van der Waals surface area (Å²) in [5, 5.41) is 0. The molecule has 0 bridgehead atoms. The summed E-state index contributed by atoms with van der Waals surface area (Å²) in [5.74, 6) is -7.87. The van der Waals surface area contributed by atoms with E-state index in [4.69, 9.17) is 0 Å². The van der Waals surface area contributed by atoms with Crippen LogP contribution in [0.25, 0.3) is 0 Å². The van der Waals surface area contributed by atoms with Crippen LogP contribution in [0.5, 0.6) is 0 Å². The molecular formula is C6F15N. The summed E-state index contributed by atoms with van der Waals surface area (Å²) >= 11 is 0. The summed E-state index contributed by atoms with van der Waals surface area (Å²) in [5.41, 5.74) is 0. The van der Waals surface area contributed by atoms with Crippen molar-refractivity contribution in [2.75, 3.05) is 0 Å². The first-order chi connectivity index (χ1) is 9.12. The minimum absolute atomic E-state index is 4.49. The normalized spacial score (nSPS) is 16.4. The first-order valence-electron chi connectivity index (χ1n) is 4.26. The standard InChI is InChI=1S/C6F15N/c7-1(8,2(9,10)11)4(15,16)22(6(19,20)21)5(17,18)3(12,13)14. The van der Waals surface area contributed by atoms with Crippen LogP contribution >= 0.6 is 0 Å². The van der Waals surface area contributed by atoms with Gasteiger partial charge in [0.25, 0.3) is 0 Å². The lowest BCUT2D eigenvalue weighted by Gasteiger charge is -2.41. The minimum Gasteiger partial charge on any atom is -0.187 e. The van der Waals surface area contributed by atoms with E-state index in [1.54, 1.807) is 0 Å². The molecule has 16 heteroatoms. The molecule has 134 valence electrons. The molecule has 0 aliphatic carbocycles. The number of hydrogen-bond donors (Lipinski definition) is 0. The third-order valence-corrected chi connectivity index (χ3v) is 1.89. The maximum Gasteiger partial charge on any atom is 0.469 e. The van der Waals surface area contributed by atoms with Crippen molar-refractivity contribution >= 4 is 0 Å². The highest BCUT2D eigenvalue weighted by Gasteiger charge is 2.85. The van der Waals surface area contributed by atoms with Gasteiger partial charge in [-0.05, 0) is 0 Å². The van der Waals surface area contributed by atoms with E-state index >= 15 is 0 Å². The van der Waals surface area contributed by atoms with Gasteiger partial charge in [0.2, 0.25) is 0 Å². The third kappa shape index (κ3) is 3.15. The molecule has 0 aliphatic heterocycles. The van der Waals surface area contributed by atoms with E-state index in [0.29, 0.717) is 0 Å². The van der Waals surface area contributed by atoms with E-state index in [-0.39, 0.29) is 0 Å². The van der Waals surface area contributed by atoms with Gasteiger partial charge in [0.1, 0.15) is 0 Å². The van der Waals surface area contributed by atoms with Gasteiger partial charge in [-0.3, -0.25) is 0 Å². The fourth-order valence-corrected chi connectivity index (χ4v) is 0.933. The first kappa shape index (κ1) is 20.9. The van der Waals surface area contributed by atoms with Crippen molar-refractivity contribution in [2.24, 2.45) is 0 Å². The molecule has 0 amide bonds. The van der Waals surface area contributed by atoms with Crippen LogP contribution in [0.3, 0.4) is 0 Å². The zero-order valence-corrected chi connectivity index (χ0v) is 9.12. The Morgan fingerprint density at radius 2 is 0.727 bits per heavy atom. The summed E-state index contributed by atoms with van der Waals surface area (Å²) in [6, 6.07) is -15.8. The average molecular weight is 371 g/mol. The Balaban J connectivity index is 6.40. The molecule has 0 aromatic heterocycles. The van der Waals surface area contributed by atoms with Crippen molar-refractivity contribution in [1.29, 1.82) is 0 Å². The van der Waals surface area contributed by atoms with Crippen LogP contribution in [-0.4, -0.2) is 41.6 Å². The van der Waals surface area contributed by atoms with Crippen LogP contribution in [-0.2, 0) is 0 Å². The lowest BCUT2D eigenvalue weighted by atomic mass is 10.2. The van der Waals surface area contributed by atoms with E-state index in [9.17, 15) is 65.9 Å². The Morgan fingerprint density at radius 3 is 0.909 bits per heavy atom. The Bertz CT molecular complexity index is 396. The molecule has 0 unspecified atom stereocenters. The SMILES string of the molecule is FC(F)(F)N(C(F)(F)C(F)(F)F)C(F)(F)C(F)(F)C(F)(F)F. The van der Waals surface area contributed by atoms with Gasteiger partial charge in [-0.15, -0.1) is 0 Å². The third-order valence-electron chi connectivity index (χ3n) is 1.89. The molecule has 0 saturated heterocycles. The predicted molar refractivity (Wildman–Crippen MR) is 34.8 cm³/mol. The second-order valence-electron chi connectivity index (χ2n) is 3.46. The Kier molecular flexibility index (Phi) is 4.71.